The molecule has 0 bridgehead atoms. The number of benzene rings is 2. The van der Waals surface area contributed by atoms with Crippen molar-refractivity contribution in [1.82, 2.24) is 4.90 Å². The highest BCUT2D eigenvalue weighted by atomic mass is 32.2. The van der Waals surface area contributed by atoms with Crippen LogP contribution in [-0.2, 0) is 26.2 Å². The number of rotatable bonds is 6. The molecule has 0 aromatic heterocycles. The van der Waals surface area contributed by atoms with E-state index in [0.717, 1.165) is 25.7 Å². The van der Waals surface area contributed by atoms with Crippen molar-refractivity contribution in [3.63, 3.8) is 0 Å². The number of carbonyl (C=O) groups is 2. The molecule has 2 aliphatic heterocycles. The average Bonchev–Trinajstić information content (AvgIpc) is 3.37. The third-order valence-electron chi connectivity index (χ3n) is 6.42. The molecule has 0 spiro atoms. The Morgan fingerprint density at radius 3 is 2.39 bits per heavy atom. The van der Waals surface area contributed by atoms with Gasteiger partial charge < -0.3 is 14.2 Å². The number of ether oxygens (including phenoxy) is 3. The molecule has 2 unspecified atom stereocenters. The van der Waals surface area contributed by atoms with Crippen LogP contribution in [0.25, 0.3) is 0 Å². The standard InChI is InChI=1S/C23H24N2O7S/c1-30-19-8-6-14(12-25-22(26)16-4-2-3-5-17(16)23(25)27)10-21(19)33(28,29)24-15-7-9-18-20(11-15)32-13-31-18/h6-11,16-17,24H,2-5,12-13H2,1H3. The molecule has 9 nitrogen and oxygen atoms in total. The molecule has 2 aromatic rings. The number of carbonyl (C=O) groups excluding carboxylic acids is 2. The first-order valence-corrected chi connectivity index (χ1v) is 12.3. The van der Waals surface area contributed by atoms with Crippen molar-refractivity contribution in [1.29, 1.82) is 0 Å². The van der Waals surface area contributed by atoms with E-state index in [9.17, 15) is 18.0 Å². The van der Waals surface area contributed by atoms with Crippen molar-refractivity contribution in [3.8, 4) is 17.2 Å². The van der Waals surface area contributed by atoms with Gasteiger partial charge in [0.1, 0.15) is 10.6 Å². The van der Waals surface area contributed by atoms with Gasteiger partial charge in [0.05, 0.1) is 31.2 Å². The molecule has 33 heavy (non-hydrogen) atoms. The highest BCUT2D eigenvalue weighted by Gasteiger charge is 2.47. The summed E-state index contributed by atoms with van der Waals surface area (Å²) in [5, 5.41) is 0. The third-order valence-corrected chi connectivity index (χ3v) is 7.82. The van der Waals surface area contributed by atoms with Gasteiger partial charge in [-0.2, -0.15) is 0 Å². The third kappa shape index (κ3) is 3.88. The number of hydrogen-bond donors (Lipinski definition) is 1. The molecule has 5 rings (SSSR count). The highest BCUT2D eigenvalue weighted by Crippen LogP contribution is 2.39. The molecule has 174 valence electrons. The summed E-state index contributed by atoms with van der Waals surface area (Å²) >= 11 is 0. The maximum absolute atomic E-state index is 13.2. The molecule has 2 amide bonds. The molecule has 1 saturated carbocycles. The maximum Gasteiger partial charge on any atom is 0.265 e. The van der Waals surface area contributed by atoms with Crippen molar-refractivity contribution in [3.05, 3.63) is 42.0 Å². The van der Waals surface area contributed by atoms with Gasteiger partial charge in [-0.15, -0.1) is 0 Å². The summed E-state index contributed by atoms with van der Waals surface area (Å²) in [6, 6.07) is 9.38. The number of methoxy groups -OCH3 is 1. The Bertz CT molecular complexity index is 1200. The van der Waals surface area contributed by atoms with Gasteiger partial charge in [0.25, 0.3) is 10.0 Å². The fraction of sp³-hybridized carbons (Fsp3) is 0.391. The number of amides is 2. The van der Waals surface area contributed by atoms with Gasteiger partial charge in [0.15, 0.2) is 11.5 Å². The Labute approximate surface area is 191 Å². The van der Waals surface area contributed by atoms with Gasteiger partial charge in [-0.05, 0) is 42.7 Å². The predicted molar refractivity (Wildman–Crippen MR) is 117 cm³/mol. The van der Waals surface area contributed by atoms with Gasteiger partial charge >= 0.3 is 0 Å². The summed E-state index contributed by atoms with van der Waals surface area (Å²) in [5.74, 6) is 0.314. The van der Waals surface area contributed by atoms with Crippen molar-refractivity contribution in [2.24, 2.45) is 11.8 Å². The van der Waals surface area contributed by atoms with Crippen molar-refractivity contribution in [2.75, 3.05) is 18.6 Å². The second-order valence-electron chi connectivity index (χ2n) is 8.42. The summed E-state index contributed by atoms with van der Waals surface area (Å²) in [6.07, 6.45) is 3.36. The van der Waals surface area contributed by atoms with Gasteiger partial charge in [0, 0.05) is 6.07 Å². The lowest BCUT2D eigenvalue weighted by molar-refractivity contribution is -0.140. The van der Waals surface area contributed by atoms with E-state index in [2.05, 4.69) is 4.72 Å². The lowest BCUT2D eigenvalue weighted by atomic mass is 9.81. The average molecular weight is 473 g/mol. The maximum atomic E-state index is 13.2. The fourth-order valence-corrected chi connectivity index (χ4v) is 6.04. The van der Waals surface area contributed by atoms with Crippen LogP contribution >= 0.6 is 0 Å². The molecule has 2 aromatic carbocycles. The van der Waals surface area contributed by atoms with Crippen LogP contribution in [0.4, 0.5) is 5.69 Å². The van der Waals surface area contributed by atoms with Gasteiger partial charge in [0.2, 0.25) is 18.6 Å². The van der Waals surface area contributed by atoms with Crippen LogP contribution in [0.2, 0.25) is 0 Å². The van der Waals surface area contributed by atoms with E-state index >= 15 is 0 Å². The van der Waals surface area contributed by atoms with E-state index in [1.165, 1.54) is 24.1 Å². The lowest BCUT2D eigenvalue weighted by Crippen LogP contribution is -2.30. The lowest BCUT2D eigenvalue weighted by Gasteiger charge is -2.19. The smallest absolute Gasteiger partial charge is 0.265 e. The summed E-state index contributed by atoms with van der Waals surface area (Å²) in [4.78, 5) is 26.8. The molecule has 1 aliphatic carbocycles. The molecular weight excluding hydrogens is 448 g/mol. The number of fused-ring (bicyclic) bond motifs is 2. The molecule has 10 heteroatoms. The van der Waals surface area contributed by atoms with E-state index < -0.39 is 10.0 Å². The Morgan fingerprint density at radius 1 is 1.00 bits per heavy atom. The molecule has 0 radical (unpaired) electrons. The number of anilines is 1. The largest absolute Gasteiger partial charge is 0.495 e. The number of nitrogens with one attached hydrogen (secondary N) is 1. The molecule has 2 heterocycles. The Hall–Kier alpha value is -3.27. The first-order chi connectivity index (χ1) is 15.9. The molecule has 1 N–H and O–H groups in total. The zero-order valence-corrected chi connectivity index (χ0v) is 18.9. The zero-order chi connectivity index (χ0) is 23.2. The van der Waals surface area contributed by atoms with E-state index in [1.807, 2.05) is 0 Å². The monoisotopic (exact) mass is 472 g/mol. The summed E-state index contributed by atoms with van der Waals surface area (Å²) in [5.41, 5.74) is 0.836. The van der Waals surface area contributed by atoms with E-state index in [0.29, 0.717) is 22.7 Å². The number of nitrogens with zero attached hydrogens (tertiary/aromatic N) is 1. The minimum absolute atomic E-state index is 0.0290. The first-order valence-electron chi connectivity index (χ1n) is 10.8. The van der Waals surface area contributed by atoms with Crippen LogP contribution in [0.1, 0.15) is 31.2 Å². The van der Waals surface area contributed by atoms with Crippen LogP contribution in [0.15, 0.2) is 41.3 Å². The van der Waals surface area contributed by atoms with E-state index in [-0.39, 0.29) is 47.6 Å². The van der Waals surface area contributed by atoms with Gasteiger partial charge in [-0.3, -0.25) is 19.2 Å². The molecular formula is C23H24N2O7S. The SMILES string of the molecule is COc1ccc(CN2C(=O)C3CCCCC3C2=O)cc1S(=O)(=O)Nc1ccc2c(c1)OCO2. The van der Waals surface area contributed by atoms with Crippen LogP contribution in [0.5, 0.6) is 17.2 Å². The zero-order valence-electron chi connectivity index (χ0n) is 18.1. The number of hydrogen-bond acceptors (Lipinski definition) is 7. The quantitative estimate of drug-likeness (QED) is 0.644. The number of imide groups is 1. The van der Waals surface area contributed by atoms with Crippen molar-refractivity contribution < 1.29 is 32.2 Å². The topological polar surface area (TPSA) is 111 Å². The number of likely N-dealkylation sites (tertiary alicyclic amines) is 1. The Kier molecular flexibility index (Phi) is 5.40. The van der Waals surface area contributed by atoms with Crippen LogP contribution < -0.4 is 18.9 Å². The van der Waals surface area contributed by atoms with Gasteiger partial charge in [-0.25, -0.2) is 8.42 Å². The molecule has 3 aliphatic rings. The summed E-state index contributed by atoms with van der Waals surface area (Å²) in [7, 11) is -2.66. The second kappa shape index (κ2) is 8.26. The Balaban J connectivity index is 1.41. The minimum Gasteiger partial charge on any atom is -0.495 e. The first kappa shape index (κ1) is 21.6. The Morgan fingerprint density at radius 2 is 1.70 bits per heavy atom. The van der Waals surface area contributed by atoms with E-state index in [1.54, 1.807) is 24.3 Å². The second-order valence-corrected chi connectivity index (χ2v) is 10.1. The van der Waals surface area contributed by atoms with Crippen LogP contribution in [0.3, 0.4) is 0 Å². The predicted octanol–water partition coefficient (Wildman–Crippen LogP) is 2.90. The minimum atomic E-state index is -4.04. The van der Waals surface area contributed by atoms with Crippen LogP contribution in [-0.4, -0.2) is 39.0 Å². The van der Waals surface area contributed by atoms with Crippen molar-refractivity contribution >= 4 is 27.5 Å². The fourth-order valence-electron chi connectivity index (χ4n) is 4.77. The highest BCUT2D eigenvalue weighted by molar-refractivity contribution is 7.92. The van der Waals surface area contributed by atoms with Crippen LogP contribution in [0, 0.1) is 11.8 Å². The summed E-state index contributed by atoms with van der Waals surface area (Å²) < 4.78 is 44.8. The molecule has 1 saturated heterocycles. The summed E-state index contributed by atoms with van der Waals surface area (Å²) in [6.45, 7) is 0.109. The van der Waals surface area contributed by atoms with Crippen molar-refractivity contribution in [2.45, 2.75) is 37.1 Å². The number of sulfonamides is 1. The molecule has 2 fully saturated rings. The molecule has 2 atom stereocenters. The normalized spacial score (nSPS) is 21.8. The van der Waals surface area contributed by atoms with Gasteiger partial charge in [-0.1, -0.05) is 18.9 Å². The van der Waals surface area contributed by atoms with E-state index in [4.69, 9.17) is 14.2 Å².